The standard InChI is InChI=1S/C28H24FN3O4/c1-32-26(18-9-5-6-10-21(18)29)25(19-13-23(35-2)24(36-3)14-20(19)28(32)34)27(33)31-17-12-16-8-4-7-11-22(16)30-15-17/h4-15,25-26H,1-3H3,(H,31,33). The fourth-order valence-corrected chi connectivity index (χ4v) is 4.79. The Labute approximate surface area is 207 Å². The molecule has 0 aliphatic carbocycles. The second-order valence-electron chi connectivity index (χ2n) is 8.56. The van der Waals surface area contributed by atoms with Crippen molar-refractivity contribution in [1.82, 2.24) is 9.88 Å². The Morgan fingerprint density at radius 1 is 0.972 bits per heavy atom. The van der Waals surface area contributed by atoms with Crippen LogP contribution in [0.3, 0.4) is 0 Å². The number of amides is 2. The first-order valence-electron chi connectivity index (χ1n) is 11.4. The van der Waals surface area contributed by atoms with Gasteiger partial charge in [0.2, 0.25) is 5.91 Å². The molecule has 5 rings (SSSR count). The maximum absolute atomic E-state index is 15.0. The average Bonchev–Trinajstić information content (AvgIpc) is 2.90. The molecule has 36 heavy (non-hydrogen) atoms. The highest BCUT2D eigenvalue weighted by Crippen LogP contribution is 2.46. The van der Waals surface area contributed by atoms with E-state index in [0.717, 1.165) is 10.9 Å². The van der Waals surface area contributed by atoms with Crippen molar-refractivity contribution < 1.29 is 23.5 Å². The van der Waals surface area contributed by atoms with E-state index in [-0.39, 0.29) is 11.5 Å². The van der Waals surface area contributed by atoms with Gasteiger partial charge in [-0.15, -0.1) is 0 Å². The Balaban J connectivity index is 1.65. The molecule has 2 atom stereocenters. The van der Waals surface area contributed by atoms with Gasteiger partial charge in [0.1, 0.15) is 5.82 Å². The highest BCUT2D eigenvalue weighted by Gasteiger charge is 2.44. The number of methoxy groups -OCH3 is 2. The van der Waals surface area contributed by atoms with Gasteiger partial charge in [0.15, 0.2) is 11.5 Å². The molecule has 0 fully saturated rings. The molecule has 2 heterocycles. The zero-order valence-corrected chi connectivity index (χ0v) is 20.0. The number of hydrogen-bond donors (Lipinski definition) is 1. The summed E-state index contributed by atoms with van der Waals surface area (Å²) in [6.45, 7) is 0. The number of likely N-dealkylation sites (N-methyl/N-ethyl adjacent to an activating group) is 1. The number of benzene rings is 3. The molecule has 0 saturated heterocycles. The zero-order chi connectivity index (χ0) is 25.4. The molecule has 1 aromatic heterocycles. The van der Waals surface area contributed by atoms with Crippen LogP contribution in [0.1, 0.15) is 33.4 Å². The molecule has 0 radical (unpaired) electrons. The summed E-state index contributed by atoms with van der Waals surface area (Å²) in [5.41, 5.74) is 2.25. The van der Waals surface area contributed by atoms with Gasteiger partial charge >= 0.3 is 0 Å². The van der Waals surface area contributed by atoms with Gasteiger partial charge < -0.3 is 19.7 Å². The van der Waals surface area contributed by atoms with Gasteiger partial charge in [0.05, 0.1) is 43.6 Å². The minimum atomic E-state index is -0.939. The molecular weight excluding hydrogens is 461 g/mol. The monoisotopic (exact) mass is 485 g/mol. The summed E-state index contributed by atoms with van der Waals surface area (Å²) in [6.07, 6.45) is 1.57. The van der Waals surface area contributed by atoms with Gasteiger partial charge in [0.25, 0.3) is 5.91 Å². The fraction of sp³-hybridized carbons (Fsp3) is 0.179. The molecule has 4 aromatic rings. The number of pyridine rings is 1. The van der Waals surface area contributed by atoms with Crippen LogP contribution in [-0.4, -0.2) is 43.0 Å². The number of fused-ring (bicyclic) bond motifs is 2. The maximum atomic E-state index is 15.0. The van der Waals surface area contributed by atoms with Crippen LogP contribution in [0.5, 0.6) is 11.5 Å². The predicted octanol–water partition coefficient (Wildman–Crippen LogP) is 4.94. The second kappa shape index (κ2) is 9.30. The largest absolute Gasteiger partial charge is 0.493 e. The van der Waals surface area contributed by atoms with E-state index in [1.54, 1.807) is 43.6 Å². The number of halogens is 1. The van der Waals surface area contributed by atoms with Crippen molar-refractivity contribution in [3.05, 3.63) is 95.4 Å². The summed E-state index contributed by atoms with van der Waals surface area (Å²) < 4.78 is 25.9. The van der Waals surface area contributed by atoms with Crippen molar-refractivity contribution in [2.45, 2.75) is 12.0 Å². The molecule has 8 heteroatoms. The van der Waals surface area contributed by atoms with Gasteiger partial charge in [-0.3, -0.25) is 14.6 Å². The summed E-state index contributed by atoms with van der Waals surface area (Å²) >= 11 is 0. The van der Waals surface area contributed by atoms with Gasteiger partial charge in [-0.1, -0.05) is 36.4 Å². The Hall–Kier alpha value is -4.46. The number of carbonyl (C=O) groups excluding carboxylic acids is 2. The van der Waals surface area contributed by atoms with E-state index in [2.05, 4.69) is 10.3 Å². The van der Waals surface area contributed by atoms with E-state index < -0.39 is 23.7 Å². The summed E-state index contributed by atoms with van der Waals surface area (Å²) in [6, 6.07) is 17.8. The van der Waals surface area contributed by atoms with Crippen LogP contribution >= 0.6 is 0 Å². The molecule has 0 saturated carbocycles. The Morgan fingerprint density at radius 2 is 1.67 bits per heavy atom. The minimum Gasteiger partial charge on any atom is -0.493 e. The molecule has 7 nitrogen and oxygen atoms in total. The first-order valence-corrected chi connectivity index (χ1v) is 11.4. The van der Waals surface area contributed by atoms with Crippen LogP contribution in [0, 0.1) is 5.82 Å². The summed E-state index contributed by atoms with van der Waals surface area (Å²) in [4.78, 5) is 33.1. The molecular formula is C28H24FN3O4. The van der Waals surface area contributed by atoms with Crippen molar-refractivity contribution in [2.75, 3.05) is 26.6 Å². The van der Waals surface area contributed by atoms with E-state index in [4.69, 9.17) is 9.47 Å². The molecule has 1 aliphatic rings. The molecule has 2 amide bonds. The number of nitrogens with zero attached hydrogens (tertiary/aromatic N) is 2. The number of nitrogens with one attached hydrogen (secondary N) is 1. The number of carbonyl (C=O) groups is 2. The van der Waals surface area contributed by atoms with Crippen molar-refractivity contribution in [3.63, 3.8) is 0 Å². The number of hydrogen-bond acceptors (Lipinski definition) is 5. The lowest BCUT2D eigenvalue weighted by Gasteiger charge is -2.40. The van der Waals surface area contributed by atoms with E-state index in [9.17, 15) is 9.59 Å². The first-order chi connectivity index (χ1) is 17.4. The molecule has 0 bridgehead atoms. The van der Waals surface area contributed by atoms with Crippen molar-refractivity contribution >= 4 is 28.4 Å². The summed E-state index contributed by atoms with van der Waals surface area (Å²) in [5, 5.41) is 3.80. The smallest absolute Gasteiger partial charge is 0.254 e. The van der Waals surface area contributed by atoms with Crippen molar-refractivity contribution in [1.29, 1.82) is 0 Å². The third kappa shape index (κ3) is 3.90. The lowest BCUT2D eigenvalue weighted by atomic mass is 9.79. The Morgan fingerprint density at radius 3 is 2.42 bits per heavy atom. The molecule has 3 aromatic carbocycles. The van der Waals surface area contributed by atoms with Crippen LogP contribution in [0.25, 0.3) is 10.9 Å². The van der Waals surface area contributed by atoms with Crippen LogP contribution in [-0.2, 0) is 4.79 Å². The van der Waals surface area contributed by atoms with Crippen LogP contribution in [0.4, 0.5) is 10.1 Å². The average molecular weight is 486 g/mol. The Bertz CT molecular complexity index is 1490. The Kier molecular flexibility index (Phi) is 6.01. The number of rotatable bonds is 5. The molecule has 1 N–H and O–H groups in total. The third-order valence-electron chi connectivity index (χ3n) is 6.54. The zero-order valence-electron chi connectivity index (χ0n) is 20.0. The van der Waals surface area contributed by atoms with Crippen LogP contribution in [0.15, 0.2) is 72.9 Å². The highest BCUT2D eigenvalue weighted by molar-refractivity contribution is 6.05. The number of anilines is 1. The summed E-state index contributed by atoms with van der Waals surface area (Å²) in [7, 11) is 4.52. The maximum Gasteiger partial charge on any atom is 0.254 e. The lowest BCUT2D eigenvalue weighted by Crippen LogP contribution is -2.44. The minimum absolute atomic E-state index is 0.241. The summed E-state index contributed by atoms with van der Waals surface area (Å²) in [5.74, 6) is -1.47. The van der Waals surface area contributed by atoms with Gasteiger partial charge in [0, 0.05) is 23.6 Å². The van der Waals surface area contributed by atoms with E-state index in [0.29, 0.717) is 28.3 Å². The SMILES string of the molecule is COc1cc2c(cc1OC)C(C(=O)Nc1cnc3ccccc3c1)C(c1ccccc1F)N(C)C2=O. The quantitative estimate of drug-likeness (QED) is 0.433. The molecule has 0 spiro atoms. The highest BCUT2D eigenvalue weighted by atomic mass is 19.1. The third-order valence-corrected chi connectivity index (χ3v) is 6.54. The lowest BCUT2D eigenvalue weighted by molar-refractivity contribution is -0.119. The van der Waals surface area contributed by atoms with E-state index in [1.165, 1.54) is 25.2 Å². The first kappa shape index (κ1) is 23.3. The number of aromatic nitrogens is 1. The molecule has 1 aliphatic heterocycles. The van der Waals surface area contributed by atoms with Gasteiger partial charge in [-0.2, -0.15) is 0 Å². The fourth-order valence-electron chi connectivity index (χ4n) is 4.79. The number of ether oxygens (including phenoxy) is 2. The number of para-hydroxylation sites is 1. The molecule has 182 valence electrons. The van der Waals surface area contributed by atoms with Crippen LogP contribution in [0.2, 0.25) is 0 Å². The topological polar surface area (TPSA) is 80.8 Å². The predicted molar refractivity (Wildman–Crippen MR) is 134 cm³/mol. The van der Waals surface area contributed by atoms with Crippen molar-refractivity contribution in [3.8, 4) is 11.5 Å². The van der Waals surface area contributed by atoms with Gasteiger partial charge in [-0.25, -0.2) is 4.39 Å². The van der Waals surface area contributed by atoms with Gasteiger partial charge in [-0.05, 0) is 35.9 Å². The second-order valence-corrected chi connectivity index (χ2v) is 8.56. The van der Waals surface area contributed by atoms with Crippen molar-refractivity contribution in [2.24, 2.45) is 0 Å². The van der Waals surface area contributed by atoms with E-state index in [1.807, 2.05) is 30.3 Å². The van der Waals surface area contributed by atoms with E-state index >= 15 is 4.39 Å². The molecule has 2 unspecified atom stereocenters. The van der Waals surface area contributed by atoms with Crippen LogP contribution < -0.4 is 14.8 Å². The normalized spacial score (nSPS) is 17.0.